The van der Waals surface area contributed by atoms with Crippen molar-refractivity contribution in [1.29, 1.82) is 0 Å². The number of hydrogen-bond acceptors (Lipinski definition) is 3. The molecule has 0 aliphatic rings. The molecule has 1 N–H and O–H groups in total. The molecule has 2 amide bonds. The van der Waals surface area contributed by atoms with E-state index in [1.165, 1.54) is 0 Å². The van der Waals surface area contributed by atoms with Crippen LogP contribution < -0.4 is 10.1 Å². The Balaban J connectivity index is 2.14. The van der Waals surface area contributed by atoms with E-state index in [0.29, 0.717) is 29.8 Å². The van der Waals surface area contributed by atoms with Gasteiger partial charge in [0.05, 0.1) is 5.02 Å². The van der Waals surface area contributed by atoms with Crippen LogP contribution in [0.1, 0.15) is 31.9 Å². The molecule has 156 valence electrons. The van der Waals surface area contributed by atoms with Crippen molar-refractivity contribution in [3.05, 3.63) is 64.7 Å². The molecule has 6 heteroatoms. The Labute approximate surface area is 178 Å². The molecule has 0 fully saturated rings. The Morgan fingerprint density at radius 1 is 1.10 bits per heavy atom. The average Bonchev–Trinajstić information content (AvgIpc) is 2.69. The van der Waals surface area contributed by atoms with Crippen LogP contribution in [0, 0.1) is 12.8 Å². The minimum Gasteiger partial charge on any atom is -0.482 e. The highest BCUT2D eigenvalue weighted by Gasteiger charge is 2.26. The number of para-hydroxylation sites is 1. The van der Waals surface area contributed by atoms with Crippen molar-refractivity contribution in [2.45, 2.75) is 40.3 Å². The van der Waals surface area contributed by atoms with Crippen molar-refractivity contribution < 1.29 is 14.3 Å². The number of carbonyl (C=O) groups is 2. The molecule has 0 bridgehead atoms. The van der Waals surface area contributed by atoms with Crippen LogP contribution in [-0.4, -0.2) is 35.9 Å². The van der Waals surface area contributed by atoms with E-state index in [1.807, 2.05) is 45.0 Å². The maximum atomic E-state index is 13.0. The number of nitrogens with one attached hydrogen (secondary N) is 1. The number of carbonyl (C=O) groups excluding carboxylic acids is 2. The first-order chi connectivity index (χ1) is 13.8. The van der Waals surface area contributed by atoms with Crippen LogP contribution in [0.3, 0.4) is 0 Å². The maximum absolute atomic E-state index is 13.0. The number of benzene rings is 2. The Morgan fingerprint density at radius 3 is 2.48 bits per heavy atom. The molecule has 0 radical (unpaired) electrons. The maximum Gasteiger partial charge on any atom is 0.261 e. The summed E-state index contributed by atoms with van der Waals surface area (Å²) in [6.45, 7) is 8.47. The van der Waals surface area contributed by atoms with Gasteiger partial charge in [-0.1, -0.05) is 67.4 Å². The van der Waals surface area contributed by atoms with E-state index in [-0.39, 0.29) is 18.4 Å². The van der Waals surface area contributed by atoms with Crippen molar-refractivity contribution in [2.75, 3.05) is 13.2 Å². The summed E-state index contributed by atoms with van der Waals surface area (Å²) in [6, 6.07) is 14.3. The lowest BCUT2D eigenvalue weighted by molar-refractivity contribution is -0.142. The molecule has 0 saturated heterocycles. The van der Waals surface area contributed by atoms with Crippen LogP contribution >= 0.6 is 11.6 Å². The molecule has 0 heterocycles. The molecule has 5 nitrogen and oxygen atoms in total. The first-order valence-corrected chi connectivity index (χ1v) is 10.2. The third-order valence-corrected chi connectivity index (χ3v) is 4.79. The quantitative estimate of drug-likeness (QED) is 0.665. The van der Waals surface area contributed by atoms with Gasteiger partial charge in [0, 0.05) is 13.1 Å². The van der Waals surface area contributed by atoms with Crippen molar-refractivity contribution in [2.24, 2.45) is 5.92 Å². The van der Waals surface area contributed by atoms with E-state index in [1.54, 1.807) is 36.1 Å². The summed E-state index contributed by atoms with van der Waals surface area (Å²) in [7, 11) is 0. The fourth-order valence-corrected chi connectivity index (χ4v) is 3.02. The van der Waals surface area contributed by atoms with Gasteiger partial charge in [-0.05, 0) is 37.5 Å². The standard InChI is InChI=1S/C23H29ClN2O3/c1-16(2)13-25-23(28)18(4)26(14-19-9-7-8-17(3)12-19)22(27)15-29-21-11-6-5-10-20(21)24/h5-12,16,18H,13-15H2,1-4H3,(H,25,28)/t18-/m0/s1. The molecule has 1 atom stereocenters. The molecule has 0 unspecified atom stereocenters. The van der Waals surface area contributed by atoms with Crippen LogP contribution in [0.4, 0.5) is 0 Å². The smallest absolute Gasteiger partial charge is 0.261 e. The van der Waals surface area contributed by atoms with Crippen LogP contribution in [0.5, 0.6) is 5.75 Å². The van der Waals surface area contributed by atoms with Crippen molar-refractivity contribution in [1.82, 2.24) is 10.2 Å². The zero-order chi connectivity index (χ0) is 21.4. The van der Waals surface area contributed by atoms with Crippen LogP contribution in [0.2, 0.25) is 5.02 Å². The van der Waals surface area contributed by atoms with Gasteiger partial charge >= 0.3 is 0 Å². The molecular formula is C23H29ClN2O3. The predicted octanol–water partition coefficient (Wildman–Crippen LogP) is 4.22. The second kappa shape index (κ2) is 10.9. The molecule has 0 saturated carbocycles. The molecule has 0 aliphatic carbocycles. The summed E-state index contributed by atoms with van der Waals surface area (Å²) < 4.78 is 5.61. The van der Waals surface area contributed by atoms with Gasteiger partial charge in [0.1, 0.15) is 11.8 Å². The molecule has 0 spiro atoms. The van der Waals surface area contributed by atoms with Crippen molar-refractivity contribution in [3.8, 4) is 5.75 Å². The summed E-state index contributed by atoms with van der Waals surface area (Å²) in [5.41, 5.74) is 2.05. The Hall–Kier alpha value is -2.53. The number of ether oxygens (including phenoxy) is 1. The number of hydrogen-bond donors (Lipinski definition) is 1. The van der Waals surface area contributed by atoms with E-state index in [9.17, 15) is 9.59 Å². The minimum absolute atomic E-state index is 0.183. The Bertz CT molecular complexity index is 838. The lowest BCUT2D eigenvalue weighted by Crippen LogP contribution is -2.49. The molecule has 29 heavy (non-hydrogen) atoms. The van der Waals surface area contributed by atoms with Crippen LogP contribution in [0.15, 0.2) is 48.5 Å². The molecular weight excluding hydrogens is 388 g/mol. The summed E-state index contributed by atoms with van der Waals surface area (Å²) in [4.78, 5) is 27.1. The molecule has 0 aromatic heterocycles. The zero-order valence-electron chi connectivity index (χ0n) is 17.4. The van der Waals surface area contributed by atoms with E-state index >= 15 is 0 Å². The topological polar surface area (TPSA) is 58.6 Å². The third-order valence-electron chi connectivity index (χ3n) is 4.48. The monoisotopic (exact) mass is 416 g/mol. The summed E-state index contributed by atoms with van der Waals surface area (Å²) in [6.07, 6.45) is 0. The number of aryl methyl sites for hydroxylation is 1. The van der Waals surface area contributed by atoms with Gasteiger partial charge in [-0.25, -0.2) is 0 Å². The normalized spacial score (nSPS) is 11.8. The molecule has 2 aromatic rings. The highest BCUT2D eigenvalue weighted by atomic mass is 35.5. The average molecular weight is 417 g/mol. The van der Waals surface area contributed by atoms with E-state index in [2.05, 4.69) is 5.32 Å². The first kappa shape index (κ1) is 22.8. The van der Waals surface area contributed by atoms with Crippen LogP contribution in [0.25, 0.3) is 0 Å². The third kappa shape index (κ3) is 7.09. The van der Waals surface area contributed by atoms with E-state index < -0.39 is 6.04 Å². The fraction of sp³-hybridized carbons (Fsp3) is 0.391. The Kier molecular flexibility index (Phi) is 8.52. The van der Waals surface area contributed by atoms with Gasteiger partial charge in [0.2, 0.25) is 5.91 Å². The van der Waals surface area contributed by atoms with Crippen molar-refractivity contribution >= 4 is 23.4 Å². The van der Waals surface area contributed by atoms with Gasteiger partial charge in [-0.3, -0.25) is 9.59 Å². The van der Waals surface area contributed by atoms with E-state index in [4.69, 9.17) is 16.3 Å². The van der Waals surface area contributed by atoms with Gasteiger partial charge in [0.25, 0.3) is 5.91 Å². The Morgan fingerprint density at radius 2 is 1.83 bits per heavy atom. The van der Waals surface area contributed by atoms with Gasteiger partial charge in [-0.2, -0.15) is 0 Å². The number of rotatable bonds is 9. The largest absolute Gasteiger partial charge is 0.482 e. The minimum atomic E-state index is -0.628. The highest BCUT2D eigenvalue weighted by molar-refractivity contribution is 6.32. The van der Waals surface area contributed by atoms with E-state index in [0.717, 1.165) is 11.1 Å². The molecule has 0 aliphatic heterocycles. The van der Waals surface area contributed by atoms with Gasteiger partial charge in [0.15, 0.2) is 6.61 Å². The predicted molar refractivity (Wildman–Crippen MR) is 116 cm³/mol. The zero-order valence-corrected chi connectivity index (χ0v) is 18.2. The summed E-state index contributed by atoms with van der Waals surface area (Å²) >= 11 is 6.10. The molecule has 2 aromatic carbocycles. The van der Waals surface area contributed by atoms with Gasteiger partial charge in [-0.15, -0.1) is 0 Å². The number of amides is 2. The first-order valence-electron chi connectivity index (χ1n) is 9.78. The number of halogens is 1. The second-order valence-corrected chi connectivity index (χ2v) is 7.95. The molecule has 2 rings (SSSR count). The second-order valence-electron chi connectivity index (χ2n) is 7.54. The number of nitrogens with zero attached hydrogens (tertiary/aromatic N) is 1. The van der Waals surface area contributed by atoms with Crippen LogP contribution in [-0.2, 0) is 16.1 Å². The summed E-state index contributed by atoms with van der Waals surface area (Å²) in [5.74, 6) is 0.307. The SMILES string of the molecule is Cc1cccc(CN(C(=O)COc2ccccc2Cl)[C@@H](C)C(=O)NCC(C)C)c1. The fourth-order valence-electron chi connectivity index (χ4n) is 2.83. The van der Waals surface area contributed by atoms with Gasteiger partial charge < -0.3 is 15.0 Å². The summed E-state index contributed by atoms with van der Waals surface area (Å²) in [5, 5.41) is 3.34. The highest BCUT2D eigenvalue weighted by Crippen LogP contribution is 2.23. The lowest BCUT2D eigenvalue weighted by Gasteiger charge is -2.29. The van der Waals surface area contributed by atoms with Crippen molar-refractivity contribution in [3.63, 3.8) is 0 Å². The lowest BCUT2D eigenvalue weighted by atomic mass is 10.1.